The van der Waals surface area contributed by atoms with E-state index in [1.807, 2.05) is 4.90 Å². The maximum atomic E-state index is 12.2. The Labute approximate surface area is 71.2 Å². The number of alkyl halides is 2. The van der Waals surface area contributed by atoms with Crippen LogP contribution in [0.2, 0.25) is 0 Å². The van der Waals surface area contributed by atoms with Crippen molar-refractivity contribution < 1.29 is 13.9 Å². The second-order valence-electron chi connectivity index (χ2n) is 3.50. The molecule has 1 heterocycles. The van der Waals surface area contributed by atoms with E-state index in [0.717, 1.165) is 13.0 Å². The number of hydrogen-bond donors (Lipinski definition) is 1. The Hall–Kier alpha value is -0.220. The lowest BCUT2D eigenvalue weighted by Crippen LogP contribution is -2.46. The van der Waals surface area contributed by atoms with Crippen LogP contribution in [0, 0.1) is 0 Å². The number of halogens is 2. The van der Waals surface area contributed by atoms with E-state index in [1.54, 1.807) is 7.05 Å². The molecule has 1 saturated heterocycles. The first-order valence-electron chi connectivity index (χ1n) is 4.21. The van der Waals surface area contributed by atoms with E-state index < -0.39 is 12.0 Å². The van der Waals surface area contributed by atoms with Crippen molar-refractivity contribution in [2.45, 2.75) is 31.2 Å². The molecule has 1 unspecified atom stereocenters. The summed E-state index contributed by atoms with van der Waals surface area (Å²) in [7, 11) is 1.80. The van der Waals surface area contributed by atoms with Crippen LogP contribution in [0.15, 0.2) is 0 Å². The zero-order valence-corrected chi connectivity index (χ0v) is 7.26. The van der Waals surface area contributed by atoms with Gasteiger partial charge in [-0.1, -0.05) is 0 Å². The highest BCUT2D eigenvalue weighted by Gasteiger charge is 2.40. The molecule has 0 aromatic carbocycles. The summed E-state index contributed by atoms with van der Waals surface area (Å²) in [6, 6.07) is 0. The molecule has 1 fully saturated rings. The maximum absolute atomic E-state index is 12.2. The topological polar surface area (TPSA) is 23.5 Å². The largest absolute Gasteiger partial charge is 0.394 e. The number of nitrogens with zero attached hydrogens (tertiary/aromatic N) is 1. The third kappa shape index (κ3) is 1.75. The summed E-state index contributed by atoms with van der Waals surface area (Å²) in [4.78, 5) is 1.85. The third-order valence-corrected chi connectivity index (χ3v) is 2.77. The van der Waals surface area contributed by atoms with E-state index in [4.69, 9.17) is 5.11 Å². The first kappa shape index (κ1) is 9.86. The van der Waals surface area contributed by atoms with Crippen molar-refractivity contribution in [2.24, 2.45) is 0 Å². The molecule has 0 bridgehead atoms. The molecule has 0 saturated carbocycles. The van der Waals surface area contributed by atoms with E-state index >= 15 is 0 Å². The van der Waals surface area contributed by atoms with Crippen molar-refractivity contribution in [3.63, 3.8) is 0 Å². The molecule has 2 nitrogen and oxygen atoms in total. The number of aliphatic hydroxyl groups excluding tert-OH is 1. The smallest absolute Gasteiger partial charge is 0.240 e. The van der Waals surface area contributed by atoms with Gasteiger partial charge in [0.25, 0.3) is 0 Å². The number of likely N-dealkylation sites (tertiary alicyclic amines) is 1. The van der Waals surface area contributed by atoms with Crippen LogP contribution < -0.4 is 0 Å². The van der Waals surface area contributed by atoms with E-state index in [1.165, 1.54) is 0 Å². The number of aliphatic hydroxyl groups is 1. The van der Waals surface area contributed by atoms with E-state index in [2.05, 4.69) is 0 Å². The van der Waals surface area contributed by atoms with Gasteiger partial charge in [0.05, 0.1) is 6.61 Å². The van der Waals surface area contributed by atoms with Gasteiger partial charge in [0, 0.05) is 12.0 Å². The van der Waals surface area contributed by atoms with Gasteiger partial charge in [-0.2, -0.15) is 0 Å². The molecule has 12 heavy (non-hydrogen) atoms. The summed E-state index contributed by atoms with van der Waals surface area (Å²) in [6.07, 6.45) is -0.939. The van der Waals surface area contributed by atoms with Gasteiger partial charge in [-0.15, -0.1) is 0 Å². The van der Waals surface area contributed by atoms with Gasteiger partial charge in [-0.25, -0.2) is 8.78 Å². The molecule has 1 rings (SSSR count). The molecule has 1 atom stereocenters. The van der Waals surface area contributed by atoms with Gasteiger partial charge in [0.2, 0.25) is 6.43 Å². The van der Waals surface area contributed by atoms with E-state index in [9.17, 15) is 8.78 Å². The highest BCUT2D eigenvalue weighted by atomic mass is 19.3. The average molecular weight is 179 g/mol. The molecular formula is C8H15F2NO. The normalized spacial score (nSPS) is 31.8. The maximum Gasteiger partial charge on any atom is 0.240 e. The summed E-state index contributed by atoms with van der Waals surface area (Å²) in [5, 5.41) is 9.06. The molecule has 72 valence electrons. The van der Waals surface area contributed by atoms with Crippen LogP contribution in [0.5, 0.6) is 0 Å². The number of rotatable bonds is 3. The quantitative estimate of drug-likeness (QED) is 0.701. The summed E-state index contributed by atoms with van der Waals surface area (Å²) < 4.78 is 24.3. The van der Waals surface area contributed by atoms with E-state index in [0.29, 0.717) is 6.42 Å². The first-order chi connectivity index (χ1) is 5.60. The molecule has 0 aromatic heterocycles. The fraction of sp³-hybridized carbons (Fsp3) is 1.00. The fourth-order valence-electron chi connectivity index (χ4n) is 1.88. The molecule has 4 heteroatoms. The Morgan fingerprint density at radius 2 is 2.25 bits per heavy atom. The Balaban J connectivity index is 2.61. The Morgan fingerprint density at radius 1 is 1.58 bits per heavy atom. The van der Waals surface area contributed by atoms with Crippen LogP contribution in [0.1, 0.15) is 19.3 Å². The van der Waals surface area contributed by atoms with Gasteiger partial charge in [0.15, 0.2) is 0 Å². The summed E-state index contributed by atoms with van der Waals surface area (Å²) >= 11 is 0. The van der Waals surface area contributed by atoms with Crippen LogP contribution in [-0.4, -0.2) is 42.2 Å². The van der Waals surface area contributed by atoms with Crippen LogP contribution in [0.3, 0.4) is 0 Å². The zero-order chi connectivity index (χ0) is 9.19. The van der Waals surface area contributed by atoms with Gasteiger partial charge < -0.3 is 5.11 Å². The molecule has 0 radical (unpaired) electrons. The first-order valence-corrected chi connectivity index (χ1v) is 4.21. The SMILES string of the molecule is CN1CCCC1(CO)CC(F)F. The highest BCUT2D eigenvalue weighted by Crippen LogP contribution is 2.32. The summed E-state index contributed by atoms with van der Waals surface area (Å²) in [5.41, 5.74) is -0.645. The molecule has 1 N–H and O–H groups in total. The monoisotopic (exact) mass is 179 g/mol. The van der Waals surface area contributed by atoms with Crippen molar-refractivity contribution in [3.05, 3.63) is 0 Å². The number of hydrogen-bond acceptors (Lipinski definition) is 2. The van der Waals surface area contributed by atoms with Crippen molar-refractivity contribution in [2.75, 3.05) is 20.2 Å². The third-order valence-electron chi connectivity index (χ3n) is 2.77. The second kappa shape index (κ2) is 3.66. The minimum atomic E-state index is -2.32. The average Bonchev–Trinajstić information content (AvgIpc) is 2.32. The van der Waals surface area contributed by atoms with Crippen LogP contribution >= 0.6 is 0 Å². The van der Waals surface area contributed by atoms with Crippen molar-refractivity contribution in [3.8, 4) is 0 Å². The lowest BCUT2D eigenvalue weighted by atomic mass is 9.93. The van der Waals surface area contributed by atoms with Crippen LogP contribution in [-0.2, 0) is 0 Å². The van der Waals surface area contributed by atoms with Crippen molar-refractivity contribution >= 4 is 0 Å². The van der Waals surface area contributed by atoms with Crippen LogP contribution in [0.4, 0.5) is 8.78 Å². The molecule has 0 amide bonds. The lowest BCUT2D eigenvalue weighted by Gasteiger charge is -2.34. The molecular weight excluding hydrogens is 164 g/mol. The predicted molar refractivity (Wildman–Crippen MR) is 42.3 cm³/mol. The van der Waals surface area contributed by atoms with Crippen LogP contribution in [0.25, 0.3) is 0 Å². The minimum Gasteiger partial charge on any atom is -0.394 e. The standard InChI is InChI=1S/C8H15F2NO/c1-11-4-2-3-8(11,6-12)5-7(9)10/h7,12H,2-6H2,1H3. The lowest BCUT2D eigenvalue weighted by molar-refractivity contribution is 0.0153. The van der Waals surface area contributed by atoms with Gasteiger partial charge >= 0.3 is 0 Å². The second-order valence-corrected chi connectivity index (χ2v) is 3.50. The van der Waals surface area contributed by atoms with Gasteiger partial charge in [-0.3, -0.25) is 4.90 Å². The Bertz CT molecular complexity index is 154. The predicted octanol–water partition coefficient (Wildman–Crippen LogP) is 1.10. The van der Waals surface area contributed by atoms with Crippen molar-refractivity contribution in [1.29, 1.82) is 0 Å². The van der Waals surface area contributed by atoms with Gasteiger partial charge in [0.1, 0.15) is 0 Å². The van der Waals surface area contributed by atoms with E-state index in [-0.39, 0.29) is 13.0 Å². The molecule has 0 aromatic rings. The molecule has 1 aliphatic heterocycles. The zero-order valence-electron chi connectivity index (χ0n) is 7.26. The van der Waals surface area contributed by atoms with Gasteiger partial charge in [-0.05, 0) is 26.4 Å². The van der Waals surface area contributed by atoms with Crippen molar-refractivity contribution in [1.82, 2.24) is 4.90 Å². The highest BCUT2D eigenvalue weighted by molar-refractivity contribution is 4.94. The molecule has 0 aliphatic carbocycles. The fourth-order valence-corrected chi connectivity index (χ4v) is 1.88. The minimum absolute atomic E-state index is 0.159. The molecule has 1 aliphatic rings. The number of likely N-dealkylation sites (N-methyl/N-ethyl adjacent to an activating group) is 1. The Kier molecular flexibility index (Phi) is 3.01. The molecule has 0 spiro atoms. The summed E-state index contributed by atoms with van der Waals surface area (Å²) in [5.74, 6) is 0. The Morgan fingerprint density at radius 3 is 2.58 bits per heavy atom. The summed E-state index contributed by atoms with van der Waals surface area (Å²) in [6.45, 7) is 0.654.